The van der Waals surface area contributed by atoms with Crippen molar-refractivity contribution in [2.45, 2.75) is 25.7 Å². The number of nitrogens with zero attached hydrogens (tertiary/aromatic N) is 3. The van der Waals surface area contributed by atoms with E-state index in [1.54, 1.807) is 29.2 Å². The molecule has 0 unspecified atom stereocenters. The number of nitriles is 1. The van der Waals surface area contributed by atoms with Gasteiger partial charge in [-0.25, -0.2) is 4.98 Å². The van der Waals surface area contributed by atoms with Crippen LogP contribution in [0.4, 0.5) is 13.2 Å². The molecule has 0 fully saturated rings. The van der Waals surface area contributed by atoms with Crippen LogP contribution < -0.4 is 5.32 Å². The largest absolute Gasteiger partial charge is 0.416 e. The summed E-state index contributed by atoms with van der Waals surface area (Å²) >= 11 is 0. The van der Waals surface area contributed by atoms with Crippen molar-refractivity contribution in [3.63, 3.8) is 0 Å². The summed E-state index contributed by atoms with van der Waals surface area (Å²) in [6, 6.07) is 14.2. The second-order valence-corrected chi connectivity index (χ2v) is 6.43. The monoisotopic (exact) mass is 398 g/mol. The Balaban J connectivity index is 1.62. The molecule has 0 saturated carbocycles. The van der Waals surface area contributed by atoms with Crippen molar-refractivity contribution in [2.24, 2.45) is 0 Å². The Kier molecular flexibility index (Phi) is 5.98. The third kappa shape index (κ3) is 5.23. The molecule has 0 bridgehead atoms. The molecule has 0 atom stereocenters. The Hall–Kier alpha value is -3.60. The fourth-order valence-corrected chi connectivity index (χ4v) is 2.89. The van der Waals surface area contributed by atoms with E-state index in [1.165, 1.54) is 18.2 Å². The molecule has 0 aliphatic carbocycles. The summed E-state index contributed by atoms with van der Waals surface area (Å²) in [5.74, 6) is -0.399. The minimum Gasteiger partial charge on any atom is -0.352 e. The summed E-state index contributed by atoms with van der Waals surface area (Å²) in [6.07, 6.45) is -1.35. The highest BCUT2D eigenvalue weighted by Gasteiger charge is 2.32. The zero-order valence-electron chi connectivity index (χ0n) is 15.3. The zero-order valence-corrected chi connectivity index (χ0v) is 15.3. The molecular weight excluding hydrogens is 381 g/mol. The first kappa shape index (κ1) is 20.1. The van der Waals surface area contributed by atoms with Gasteiger partial charge in [0, 0.05) is 25.0 Å². The van der Waals surface area contributed by atoms with Gasteiger partial charge < -0.3 is 9.88 Å². The van der Waals surface area contributed by atoms with Crippen molar-refractivity contribution >= 4 is 5.91 Å². The lowest BCUT2D eigenvalue weighted by atomic mass is 10.1. The average molecular weight is 398 g/mol. The summed E-state index contributed by atoms with van der Waals surface area (Å²) < 4.78 is 40.9. The predicted molar refractivity (Wildman–Crippen MR) is 99.5 cm³/mol. The lowest BCUT2D eigenvalue weighted by Crippen LogP contribution is -2.26. The predicted octanol–water partition coefficient (Wildman–Crippen LogP) is 3.68. The number of hydrogen-bond donors (Lipinski definition) is 1. The Labute approximate surface area is 165 Å². The summed E-state index contributed by atoms with van der Waals surface area (Å²) in [5, 5.41) is 11.4. The van der Waals surface area contributed by atoms with E-state index in [4.69, 9.17) is 5.26 Å². The number of halogens is 3. The number of rotatable bonds is 6. The normalized spacial score (nSPS) is 11.1. The van der Waals surface area contributed by atoms with Crippen LogP contribution in [-0.4, -0.2) is 15.5 Å². The summed E-state index contributed by atoms with van der Waals surface area (Å²) in [4.78, 5) is 16.3. The Morgan fingerprint density at radius 3 is 2.55 bits per heavy atom. The first-order chi connectivity index (χ1) is 13.9. The van der Waals surface area contributed by atoms with Crippen molar-refractivity contribution in [1.82, 2.24) is 14.9 Å². The minimum atomic E-state index is -4.47. The standard InChI is InChI=1S/C21H17F3N4O/c22-21(23,24)19-4-2-1-3-17(19)11-27-20(29)9-18-12-26-14-28(18)13-16-7-5-15(10-25)6-8-16/h1-8,12,14H,9,11,13H2,(H,27,29). The van der Waals surface area contributed by atoms with Crippen molar-refractivity contribution in [3.8, 4) is 6.07 Å². The molecule has 1 N–H and O–H groups in total. The molecule has 1 aromatic heterocycles. The average Bonchev–Trinajstić information content (AvgIpc) is 3.13. The topological polar surface area (TPSA) is 70.7 Å². The number of nitrogens with one attached hydrogen (secondary N) is 1. The van der Waals surface area contributed by atoms with E-state index in [2.05, 4.69) is 10.3 Å². The molecule has 1 amide bonds. The van der Waals surface area contributed by atoms with E-state index in [0.717, 1.165) is 11.6 Å². The molecule has 29 heavy (non-hydrogen) atoms. The van der Waals surface area contributed by atoms with Crippen molar-refractivity contribution in [2.75, 3.05) is 0 Å². The SMILES string of the molecule is N#Cc1ccc(Cn2cncc2CC(=O)NCc2ccccc2C(F)(F)F)cc1. The highest BCUT2D eigenvalue weighted by molar-refractivity contribution is 5.78. The smallest absolute Gasteiger partial charge is 0.352 e. The second kappa shape index (κ2) is 8.61. The van der Waals surface area contributed by atoms with Crippen LogP contribution in [0.15, 0.2) is 61.1 Å². The highest BCUT2D eigenvalue weighted by atomic mass is 19.4. The molecule has 2 aromatic carbocycles. The van der Waals surface area contributed by atoms with Gasteiger partial charge >= 0.3 is 6.18 Å². The van der Waals surface area contributed by atoms with Crippen LogP contribution in [0.1, 0.15) is 27.9 Å². The van der Waals surface area contributed by atoms with Crippen molar-refractivity contribution in [1.29, 1.82) is 5.26 Å². The van der Waals surface area contributed by atoms with Gasteiger partial charge in [-0.2, -0.15) is 18.4 Å². The van der Waals surface area contributed by atoms with Gasteiger partial charge in [0.25, 0.3) is 0 Å². The van der Waals surface area contributed by atoms with Gasteiger partial charge in [0.05, 0.1) is 29.9 Å². The molecule has 0 aliphatic heterocycles. The fourth-order valence-electron chi connectivity index (χ4n) is 2.89. The Bertz CT molecular complexity index is 1030. The van der Waals surface area contributed by atoms with Gasteiger partial charge in [-0.3, -0.25) is 4.79 Å². The van der Waals surface area contributed by atoms with Crippen LogP contribution in [0.3, 0.4) is 0 Å². The molecule has 0 saturated heterocycles. The maximum Gasteiger partial charge on any atom is 0.416 e. The van der Waals surface area contributed by atoms with Crippen LogP contribution in [-0.2, 0) is 30.5 Å². The molecule has 1 heterocycles. The van der Waals surface area contributed by atoms with Gasteiger partial charge in [0.15, 0.2) is 0 Å². The van der Waals surface area contributed by atoms with Crippen LogP contribution in [0, 0.1) is 11.3 Å². The lowest BCUT2D eigenvalue weighted by molar-refractivity contribution is -0.138. The molecule has 8 heteroatoms. The molecule has 3 rings (SSSR count). The minimum absolute atomic E-state index is 0.00946. The summed E-state index contributed by atoms with van der Waals surface area (Å²) in [7, 11) is 0. The number of amides is 1. The van der Waals surface area contributed by atoms with Gasteiger partial charge in [-0.05, 0) is 29.3 Å². The van der Waals surface area contributed by atoms with Gasteiger partial charge in [0.2, 0.25) is 5.91 Å². The molecule has 0 radical (unpaired) electrons. The Morgan fingerprint density at radius 1 is 1.14 bits per heavy atom. The summed E-state index contributed by atoms with van der Waals surface area (Å²) in [6.45, 7) is 0.253. The van der Waals surface area contributed by atoms with E-state index in [-0.39, 0.29) is 18.5 Å². The molecule has 0 aliphatic rings. The number of benzene rings is 2. The lowest BCUT2D eigenvalue weighted by Gasteiger charge is -2.13. The molecule has 3 aromatic rings. The molecule has 148 valence electrons. The maximum absolute atomic E-state index is 13.0. The van der Waals surface area contributed by atoms with Crippen LogP contribution in [0.2, 0.25) is 0 Å². The van der Waals surface area contributed by atoms with Gasteiger partial charge in [-0.15, -0.1) is 0 Å². The first-order valence-electron chi connectivity index (χ1n) is 8.76. The van der Waals surface area contributed by atoms with E-state index in [9.17, 15) is 18.0 Å². The summed E-state index contributed by atoms with van der Waals surface area (Å²) in [5.41, 5.74) is 1.38. The third-order valence-corrected chi connectivity index (χ3v) is 4.37. The number of imidazole rings is 1. The zero-order chi connectivity index (χ0) is 20.9. The van der Waals surface area contributed by atoms with E-state index < -0.39 is 17.6 Å². The van der Waals surface area contributed by atoms with Crippen molar-refractivity contribution in [3.05, 3.63) is 89.0 Å². The van der Waals surface area contributed by atoms with Crippen LogP contribution in [0.5, 0.6) is 0 Å². The molecule has 5 nitrogen and oxygen atoms in total. The highest BCUT2D eigenvalue weighted by Crippen LogP contribution is 2.31. The van der Waals surface area contributed by atoms with E-state index in [0.29, 0.717) is 17.8 Å². The number of hydrogen-bond acceptors (Lipinski definition) is 3. The van der Waals surface area contributed by atoms with Crippen LogP contribution >= 0.6 is 0 Å². The number of carbonyl (C=O) groups is 1. The van der Waals surface area contributed by atoms with E-state index in [1.807, 2.05) is 18.2 Å². The third-order valence-electron chi connectivity index (χ3n) is 4.37. The van der Waals surface area contributed by atoms with E-state index >= 15 is 0 Å². The molecule has 0 spiro atoms. The Morgan fingerprint density at radius 2 is 1.86 bits per heavy atom. The first-order valence-corrected chi connectivity index (χ1v) is 8.76. The van der Waals surface area contributed by atoms with Gasteiger partial charge in [-0.1, -0.05) is 30.3 Å². The maximum atomic E-state index is 13.0. The number of alkyl halides is 3. The number of carbonyl (C=O) groups excluding carboxylic acids is 1. The molecular formula is C21H17F3N4O. The number of aromatic nitrogens is 2. The quantitative estimate of drug-likeness (QED) is 0.689. The fraction of sp³-hybridized carbons (Fsp3) is 0.190. The second-order valence-electron chi connectivity index (χ2n) is 6.43. The van der Waals surface area contributed by atoms with Crippen LogP contribution in [0.25, 0.3) is 0 Å². The van der Waals surface area contributed by atoms with Crippen molar-refractivity contribution < 1.29 is 18.0 Å². The van der Waals surface area contributed by atoms with Gasteiger partial charge in [0.1, 0.15) is 0 Å².